The van der Waals surface area contributed by atoms with Crippen LogP contribution in [0.1, 0.15) is 33.9 Å². The normalized spacial score (nSPS) is 18.8. The van der Waals surface area contributed by atoms with Gasteiger partial charge in [-0.1, -0.05) is 30.3 Å². The van der Waals surface area contributed by atoms with Gasteiger partial charge in [-0.05, 0) is 17.7 Å². The van der Waals surface area contributed by atoms with Crippen LogP contribution >= 0.6 is 0 Å². The number of pyridine rings is 1. The molecule has 0 bridgehead atoms. The van der Waals surface area contributed by atoms with Gasteiger partial charge in [-0.25, -0.2) is 0 Å². The minimum Gasteiger partial charge on any atom is -0.352 e. The van der Waals surface area contributed by atoms with Crippen molar-refractivity contribution in [2.45, 2.75) is 19.0 Å². The van der Waals surface area contributed by atoms with Gasteiger partial charge in [-0.15, -0.1) is 0 Å². The summed E-state index contributed by atoms with van der Waals surface area (Å²) >= 11 is 0. The summed E-state index contributed by atoms with van der Waals surface area (Å²) in [7, 11) is 1.81. The van der Waals surface area contributed by atoms with Crippen LogP contribution in [-0.2, 0) is 11.3 Å². The van der Waals surface area contributed by atoms with Crippen LogP contribution in [0.2, 0.25) is 0 Å². The molecule has 7 nitrogen and oxygen atoms in total. The molecular formula is C22H23N5O2. The van der Waals surface area contributed by atoms with Gasteiger partial charge in [-0.3, -0.25) is 19.3 Å². The van der Waals surface area contributed by atoms with E-state index in [1.54, 1.807) is 23.2 Å². The number of aromatic nitrogens is 3. The highest BCUT2D eigenvalue weighted by Gasteiger charge is 2.39. The Labute approximate surface area is 169 Å². The summed E-state index contributed by atoms with van der Waals surface area (Å²) in [5.41, 5.74) is 2.66. The van der Waals surface area contributed by atoms with E-state index in [2.05, 4.69) is 27.5 Å². The van der Waals surface area contributed by atoms with Crippen molar-refractivity contribution in [3.63, 3.8) is 0 Å². The molecule has 1 fully saturated rings. The van der Waals surface area contributed by atoms with Crippen LogP contribution in [0.15, 0.2) is 67.3 Å². The highest BCUT2D eigenvalue weighted by Crippen LogP contribution is 2.36. The molecule has 0 unspecified atom stereocenters. The van der Waals surface area contributed by atoms with Crippen LogP contribution in [0, 0.1) is 5.92 Å². The molecule has 4 rings (SSSR count). The fraction of sp³-hybridized carbons (Fsp3) is 0.273. The summed E-state index contributed by atoms with van der Waals surface area (Å²) in [6.07, 6.45) is 7.37. The Balaban J connectivity index is 1.46. The number of carbonyl (C=O) groups is 2. The SMILES string of the molecule is CN1C(=O)C[C@@H](CNC(=O)c2cccnc2)[C@@H]1c1cnn(Cc2ccccc2)c1. The van der Waals surface area contributed by atoms with Gasteiger partial charge >= 0.3 is 0 Å². The quantitative estimate of drug-likeness (QED) is 0.701. The maximum absolute atomic E-state index is 12.4. The molecule has 1 aromatic carbocycles. The lowest BCUT2D eigenvalue weighted by molar-refractivity contribution is -0.127. The molecule has 0 radical (unpaired) electrons. The lowest BCUT2D eigenvalue weighted by atomic mass is 9.95. The number of likely N-dealkylation sites (tertiary alicyclic amines) is 1. The second-order valence-electron chi connectivity index (χ2n) is 7.32. The molecule has 1 N–H and O–H groups in total. The monoisotopic (exact) mass is 389 g/mol. The number of nitrogens with zero attached hydrogens (tertiary/aromatic N) is 4. The van der Waals surface area contributed by atoms with E-state index in [1.807, 2.05) is 42.3 Å². The van der Waals surface area contributed by atoms with Crippen LogP contribution in [0.3, 0.4) is 0 Å². The van der Waals surface area contributed by atoms with E-state index < -0.39 is 0 Å². The Morgan fingerprint density at radius 2 is 2.00 bits per heavy atom. The van der Waals surface area contributed by atoms with E-state index >= 15 is 0 Å². The topological polar surface area (TPSA) is 80.1 Å². The first-order chi connectivity index (χ1) is 14.1. The molecule has 0 spiro atoms. The maximum atomic E-state index is 12.4. The first-order valence-corrected chi connectivity index (χ1v) is 9.62. The first-order valence-electron chi connectivity index (χ1n) is 9.62. The van der Waals surface area contributed by atoms with Crippen molar-refractivity contribution in [1.82, 2.24) is 25.0 Å². The van der Waals surface area contributed by atoms with Crippen molar-refractivity contribution < 1.29 is 9.59 Å². The molecule has 1 saturated heterocycles. The van der Waals surface area contributed by atoms with E-state index in [4.69, 9.17) is 0 Å². The number of benzene rings is 1. The number of hydrogen-bond donors (Lipinski definition) is 1. The van der Waals surface area contributed by atoms with Crippen LogP contribution in [0.4, 0.5) is 0 Å². The lowest BCUT2D eigenvalue weighted by Crippen LogP contribution is -2.32. The molecule has 0 saturated carbocycles. The molecule has 3 heterocycles. The van der Waals surface area contributed by atoms with E-state index in [-0.39, 0.29) is 23.8 Å². The zero-order chi connectivity index (χ0) is 20.2. The van der Waals surface area contributed by atoms with E-state index in [0.29, 0.717) is 25.1 Å². The molecule has 148 valence electrons. The molecule has 2 atom stereocenters. The van der Waals surface area contributed by atoms with Gasteiger partial charge in [0.25, 0.3) is 5.91 Å². The van der Waals surface area contributed by atoms with Crippen LogP contribution in [0.5, 0.6) is 0 Å². The van der Waals surface area contributed by atoms with Crippen molar-refractivity contribution in [2.24, 2.45) is 5.92 Å². The average Bonchev–Trinajstić information content (AvgIpc) is 3.31. The van der Waals surface area contributed by atoms with Crippen molar-refractivity contribution in [3.05, 3.63) is 83.9 Å². The minimum absolute atomic E-state index is 0.0116. The largest absolute Gasteiger partial charge is 0.352 e. The van der Waals surface area contributed by atoms with Crippen LogP contribution < -0.4 is 5.32 Å². The number of amides is 2. The fourth-order valence-corrected chi connectivity index (χ4v) is 3.84. The van der Waals surface area contributed by atoms with E-state index in [0.717, 1.165) is 5.56 Å². The van der Waals surface area contributed by atoms with Crippen molar-refractivity contribution in [3.8, 4) is 0 Å². The molecule has 3 aromatic rings. The number of nitrogens with one attached hydrogen (secondary N) is 1. The second kappa shape index (κ2) is 8.26. The van der Waals surface area contributed by atoms with Gasteiger partial charge in [-0.2, -0.15) is 5.10 Å². The smallest absolute Gasteiger partial charge is 0.252 e. The van der Waals surface area contributed by atoms with Gasteiger partial charge in [0.15, 0.2) is 0 Å². The van der Waals surface area contributed by atoms with Crippen molar-refractivity contribution in [2.75, 3.05) is 13.6 Å². The third kappa shape index (κ3) is 4.18. The van der Waals surface area contributed by atoms with Crippen molar-refractivity contribution >= 4 is 11.8 Å². The maximum Gasteiger partial charge on any atom is 0.252 e. The first kappa shape index (κ1) is 18.9. The lowest BCUT2D eigenvalue weighted by Gasteiger charge is -2.24. The van der Waals surface area contributed by atoms with Crippen molar-refractivity contribution in [1.29, 1.82) is 0 Å². The Kier molecular flexibility index (Phi) is 5.37. The third-order valence-electron chi connectivity index (χ3n) is 5.32. The standard InChI is InChI=1S/C22H23N5O2/c1-26-20(28)10-18(12-24-22(29)17-8-5-9-23-11-17)21(26)19-13-25-27(15-19)14-16-6-3-2-4-7-16/h2-9,11,13,15,18,21H,10,12,14H2,1H3,(H,24,29)/t18-,21+/m0/s1. The summed E-state index contributed by atoms with van der Waals surface area (Å²) < 4.78 is 1.88. The van der Waals surface area contributed by atoms with Gasteiger partial charge in [0.05, 0.1) is 24.3 Å². The zero-order valence-corrected chi connectivity index (χ0v) is 16.2. The summed E-state index contributed by atoms with van der Waals surface area (Å²) in [5.74, 6) is -0.118. The zero-order valence-electron chi connectivity index (χ0n) is 16.2. The van der Waals surface area contributed by atoms with Crippen LogP contribution in [-0.4, -0.2) is 45.1 Å². The highest BCUT2D eigenvalue weighted by molar-refractivity contribution is 5.93. The molecule has 7 heteroatoms. The molecule has 2 amide bonds. The van der Waals surface area contributed by atoms with Gasteiger partial charge in [0, 0.05) is 50.1 Å². The average molecular weight is 389 g/mol. The Hall–Kier alpha value is -3.48. The summed E-state index contributed by atoms with van der Waals surface area (Å²) in [6.45, 7) is 1.09. The van der Waals surface area contributed by atoms with Crippen LogP contribution in [0.25, 0.3) is 0 Å². The summed E-state index contributed by atoms with van der Waals surface area (Å²) in [5, 5.41) is 7.42. The molecule has 29 heavy (non-hydrogen) atoms. The fourth-order valence-electron chi connectivity index (χ4n) is 3.84. The second-order valence-corrected chi connectivity index (χ2v) is 7.32. The predicted molar refractivity (Wildman–Crippen MR) is 108 cm³/mol. The van der Waals surface area contributed by atoms with Gasteiger partial charge in [0.2, 0.25) is 5.91 Å². The molecule has 1 aliphatic heterocycles. The minimum atomic E-state index is -0.182. The number of rotatable bonds is 6. The molecule has 2 aromatic heterocycles. The summed E-state index contributed by atoms with van der Waals surface area (Å²) in [6, 6.07) is 13.5. The predicted octanol–water partition coefficient (Wildman–Crippen LogP) is 2.28. The van der Waals surface area contributed by atoms with Gasteiger partial charge in [0.1, 0.15) is 0 Å². The highest BCUT2D eigenvalue weighted by atomic mass is 16.2. The Morgan fingerprint density at radius 3 is 2.76 bits per heavy atom. The molecule has 0 aliphatic carbocycles. The summed E-state index contributed by atoms with van der Waals surface area (Å²) in [4.78, 5) is 30.4. The molecular weight excluding hydrogens is 366 g/mol. The molecule has 1 aliphatic rings. The van der Waals surface area contributed by atoms with Gasteiger partial charge < -0.3 is 10.2 Å². The third-order valence-corrected chi connectivity index (χ3v) is 5.32. The Morgan fingerprint density at radius 1 is 1.17 bits per heavy atom. The van der Waals surface area contributed by atoms with E-state index in [9.17, 15) is 9.59 Å². The number of hydrogen-bond acceptors (Lipinski definition) is 4. The number of carbonyl (C=O) groups excluding carboxylic acids is 2. The Bertz CT molecular complexity index is 987. The van der Waals surface area contributed by atoms with E-state index in [1.165, 1.54) is 11.8 Å².